The first-order chi connectivity index (χ1) is 9.95. The highest BCUT2D eigenvalue weighted by Gasteiger charge is 2.29. The fraction of sp³-hybridized carbons (Fsp3) is 0.647. The van der Waals surface area contributed by atoms with Crippen molar-refractivity contribution in [2.75, 3.05) is 0 Å². The number of hydrogen-bond acceptors (Lipinski definition) is 4. The molecule has 0 aliphatic carbocycles. The van der Waals surface area contributed by atoms with E-state index >= 15 is 0 Å². The van der Waals surface area contributed by atoms with Crippen LogP contribution in [0, 0.1) is 21.6 Å². The molecule has 5 nitrogen and oxygen atoms in total. The largest absolute Gasteiger partial charge is 0.466 e. The fourth-order valence-corrected chi connectivity index (χ4v) is 1.96. The number of nitro groups is 1. The van der Waals surface area contributed by atoms with Crippen molar-refractivity contribution in [3.05, 3.63) is 33.5 Å². The lowest BCUT2D eigenvalue weighted by Gasteiger charge is -2.26. The number of rotatable bonds is 5. The molecule has 1 aromatic heterocycles. The molecule has 0 N–H and O–H groups in total. The minimum Gasteiger partial charge on any atom is -0.466 e. The Labute approximate surface area is 133 Å². The van der Waals surface area contributed by atoms with Crippen LogP contribution >= 0.6 is 0 Å². The molecule has 0 bridgehead atoms. The van der Waals surface area contributed by atoms with Gasteiger partial charge in [-0.05, 0) is 12.8 Å². The summed E-state index contributed by atoms with van der Waals surface area (Å²) in [5.74, 6) is 0.417. The average molecular weight is 307 g/mol. The molecule has 0 spiro atoms. The average Bonchev–Trinajstić information content (AvgIpc) is 2.35. The highest BCUT2D eigenvalue weighted by Crippen LogP contribution is 2.37. The van der Waals surface area contributed by atoms with E-state index in [9.17, 15) is 10.1 Å². The summed E-state index contributed by atoms with van der Waals surface area (Å²) in [7, 11) is 0. The second-order valence-electron chi connectivity index (χ2n) is 7.26. The maximum atomic E-state index is 11.5. The first-order valence-corrected chi connectivity index (χ1v) is 7.66. The van der Waals surface area contributed by atoms with Crippen molar-refractivity contribution in [3.8, 4) is 5.88 Å². The third kappa shape index (κ3) is 4.18. The van der Waals surface area contributed by atoms with Crippen molar-refractivity contribution >= 4 is 5.69 Å². The maximum Gasteiger partial charge on any atom is 0.294 e. The molecule has 0 aromatic carbocycles. The third-order valence-corrected chi connectivity index (χ3v) is 3.69. The lowest BCUT2D eigenvalue weighted by atomic mass is 9.90. The summed E-state index contributed by atoms with van der Waals surface area (Å²) in [5.41, 5.74) is 1.15. The van der Waals surface area contributed by atoms with Crippen molar-refractivity contribution in [2.45, 2.75) is 67.2 Å². The van der Waals surface area contributed by atoms with Gasteiger partial charge in [0.25, 0.3) is 5.69 Å². The Kier molecular flexibility index (Phi) is 5.54. The van der Waals surface area contributed by atoms with Crippen LogP contribution in [0.15, 0.2) is 6.07 Å². The molecular weight excluding hydrogens is 280 g/mol. The van der Waals surface area contributed by atoms with E-state index in [1.165, 1.54) is 0 Å². The van der Waals surface area contributed by atoms with Gasteiger partial charge in [-0.15, -0.1) is 0 Å². The molecule has 22 heavy (non-hydrogen) atoms. The number of ether oxygens (including phenoxy) is 1. The molecule has 1 radical (unpaired) electrons. The number of aromatic nitrogens is 1. The van der Waals surface area contributed by atoms with Crippen molar-refractivity contribution < 1.29 is 9.66 Å². The van der Waals surface area contributed by atoms with E-state index in [4.69, 9.17) is 4.74 Å². The molecule has 0 aliphatic rings. The molecule has 0 saturated heterocycles. The number of hydrogen-bond donors (Lipinski definition) is 0. The highest BCUT2D eigenvalue weighted by atomic mass is 16.6. The predicted octanol–water partition coefficient (Wildman–Crippen LogP) is 5.21. The zero-order valence-corrected chi connectivity index (χ0v) is 14.9. The van der Waals surface area contributed by atoms with Crippen LogP contribution in [0.3, 0.4) is 0 Å². The van der Waals surface area contributed by atoms with Crippen molar-refractivity contribution in [1.82, 2.24) is 4.98 Å². The Morgan fingerprint density at radius 3 is 2.14 bits per heavy atom. The van der Waals surface area contributed by atoms with Gasteiger partial charge < -0.3 is 4.74 Å². The lowest BCUT2D eigenvalue weighted by Crippen LogP contribution is -2.21. The Bertz CT molecular complexity index is 516. The summed E-state index contributed by atoms with van der Waals surface area (Å²) in [6.45, 7) is 15.8. The summed E-state index contributed by atoms with van der Waals surface area (Å²) >= 11 is 0. The SMILES string of the molecule is C[C](Oc1cc(C(C)C)c([N+](=O)[O-])c(C(C)C)n1)C(C)(C)C. The summed E-state index contributed by atoms with van der Waals surface area (Å²) < 4.78 is 5.88. The van der Waals surface area contributed by atoms with Crippen molar-refractivity contribution in [1.29, 1.82) is 0 Å². The monoisotopic (exact) mass is 307 g/mol. The van der Waals surface area contributed by atoms with E-state index in [1.807, 2.05) is 34.6 Å². The Morgan fingerprint density at radius 1 is 1.23 bits per heavy atom. The normalized spacial score (nSPS) is 12.3. The summed E-state index contributed by atoms with van der Waals surface area (Å²) in [6, 6.07) is 1.70. The maximum absolute atomic E-state index is 11.5. The molecule has 0 unspecified atom stereocenters. The standard InChI is InChI=1S/C17H27N2O3/c1-10(2)13-9-14(22-12(5)17(6,7)8)18-15(11(3)4)16(13)19(20)21/h9-11H,1-8H3. The number of nitrogens with zero attached hydrogens (tertiary/aromatic N) is 2. The van der Waals surface area contributed by atoms with Gasteiger partial charge in [-0.1, -0.05) is 48.5 Å². The minimum atomic E-state index is -0.332. The quantitative estimate of drug-likeness (QED) is 0.553. The Hall–Kier alpha value is -1.65. The Morgan fingerprint density at radius 2 is 1.77 bits per heavy atom. The van der Waals surface area contributed by atoms with Crippen LogP contribution in [0.5, 0.6) is 5.88 Å². The van der Waals surface area contributed by atoms with Gasteiger partial charge >= 0.3 is 0 Å². The molecule has 0 saturated carbocycles. The zero-order valence-electron chi connectivity index (χ0n) is 14.9. The van der Waals surface area contributed by atoms with Crippen LogP contribution in [-0.2, 0) is 0 Å². The lowest BCUT2D eigenvalue weighted by molar-refractivity contribution is -0.386. The molecule has 123 valence electrons. The smallest absolute Gasteiger partial charge is 0.294 e. The van der Waals surface area contributed by atoms with E-state index < -0.39 is 0 Å². The van der Waals surface area contributed by atoms with Gasteiger partial charge in [0, 0.05) is 23.0 Å². The van der Waals surface area contributed by atoms with Crippen LogP contribution in [0.4, 0.5) is 5.69 Å². The first-order valence-electron chi connectivity index (χ1n) is 7.66. The summed E-state index contributed by atoms with van der Waals surface area (Å²) in [5, 5.41) is 11.5. The van der Waals surface area contributed by atoms with Crippen molar-refractivity contribution in [3.63, 3.8) is 0 Å². The molecule has 1 aromatic rings. The Balaban J connectivity index is 3.41. The van der Waals surface area contributed by atoms with Crippen LogP contribution in [0.1, 0.15) is 78.5 Å². The second kappa shape index (κ2) is 6.63. The van der Waals surface area contributed by atoms with Gasteiger partial charge in [0.1, 0.15) is 5.69 Å². The van der Waals surface area contributed by atoms with E-state index in [0.717, 1.165) is 6.10 Å². The van der Waals surface area contributed by atoms with Gasteiger partial charge in [-0.2, -0.15) is 0 Å². The molecule has 0 amide bonds. The van der Waals surface area contributed by atoms with Gasteiger partial charge in [0.05, 0.1) is 4.92 Å². The highest BCUT2D eigenvalue weighted by molar-refractivity contribution is 5.50. The van der Waals surface area contributed by atoms with Crippen LogP contribution < -0.4 is 4.74 Å². The van der Waals surface area contributed by atoms with Gasteiger partial charge in [-0.25, -0.2) is 4.98 Å². The number of pyridine rings is 1. The summed E-state index contributed by atoms with van der Waals surface area (Å²) in [4.78, 5) is 15.5. The third-order valence-electron chi connectivity index (χ3n) is 3.69. The topological polar surface area (TPSA) is 65.3 Å². The zero-order chi connectivity index (χ0) is 17.2. The van der Waals surface area contributed by atoms with Crippen LogP contribution in [0.2, 0.25) is 0 Å². The van der Waals surface area contributed by atoms with Crippen LogP contribution in [0.25, 0.3) is 0 Å². The molecule has 5 heteroatoms. The summed E-state index contributed by atoms with van der Waals surface area (Å²) in [6.07, 6.45) is 0.832. The molecule has 1 rings (SSSR count). The van der Waals surface area contributed by atoms with Gasteiger partial charge in [0.15, 0.2) is 6.10 Å². The fourth-order valence-electron chi connectivity index (χ4n) is 1.96. The van der Waals surface area contributed by atoms with E-state index in [2.05, 4.69) is 25.8 Å². The van der Waals surface area contributed by atoms with Crippen LogP contribution in [-0.4, -0.2) is 9.91 Å². The van der Waals surface area contributed by atoms with Crippen molar-refractivity contribution in [2.24, 2.45) is 5.41 Å². The molecule has 1 heterocycles. The predicted molar refractivity (Wildman–Crippen MR) is 88.1 cm³/mol. The minimum absolute atomic E-state index is 0.0261. The molecule has 0 aliphatic heterocycles. The molecule has 0 atom stereocenters. The van der Waals surface area contributed by atoms with Gasteiger partial charge in [-0.3, -0.25) is 10.1 Å². The van der Waals surface area contributed by atoms with E-state index in [0.29, 0.717) is 17.1 Å². The molecule has 0 fully saturated rings. The van der Waals surface area contributed by atoms with E-state index in [1.54, 1.807) is 6.07 Å². The first kappa shape index (κ1) is 18.4. The molecular formula is C17H27N2O3. The second-order valence-corrected chi connectivity index (χ2v) is 7.26. The van der Waals surface area contributed by atoms with E-state index in [-0.39, 0.29) is 27.9 Å². The van der Waals surface area contributed by atoms with Gasteiger partial charge in [0.2, 0.25) is 5.88 Å².